The van der Waals surface area contributed by atoms with E-state index in [0.29, 0.717) is 16.9 Å². The van der Waals surface area contributed by atoms with Crippen molar-refractivity contribution in [3.05, 3.63) is 0 Å². The van der Waals surface area contributed by atoms with E-state index in [1.807, 2.05) is 0 Å². The lowest BCUT2D eigenvalue weighted by molar-refractivity contribution is -0.00510. The molecule has 0 spiro atoms. The van der Waals surface area contributed by atoms with Crippen LogP contribution < -0.4 is 5.32 Å². The molecule has 124 valence electrons. The molecule has 2 aliphatic heterocycles. The summed E-state index contributed by atoms with van der Waals surface area (Å²) in [4.78, 5) is 2.74. The van der Waals surface area contributed by atoms with E-state index in [1.165, 1.54) is 51.7 Å². The summed E-state index contributed by atoms with van der Waals surface area (Å²) in [5, 5.41) is 3.70. The van der Waals surface area contributed by atoms with Gasteiger partial charge in [0.05, 0.1) is 0 Å². The molecule has 0 aromatic rings. The van der Waals surface area contributed by atoms with Gasteiger partial charge in [-0.2, -0.15) is 0 Å². The largest absolute Gasteiger partial charge is 0.381 e. The average Bonchev–Trinajstić information content (AvgIpc) is 2.59. The van der Waals surface area contributed by atoms with Gasteiger partial charge >= 0.3 is 0 Å². The summed E-state index contributed by atoms with van der Waals surface area (Å²) in [6.45, 7) is 16.2. The minimum atomic E-state index is 0.428. The van der Waals surface area contributed by atoms with Gasteiger partial charge < -0.3 is 15.0 Å². The van der Waals surface area contributed by atoms with Crippen LogP contribution in [0.2, 0.25) is 0 Å². The molecule has 2 fully saturated rings. The molecule has 0 unspecified atom stereocenters. The fourth-order valence-electron chi connectivity index (χ4n) is 3.73. The van der Waals surface area contributed by atoms with Crippen molar-refractivity contribution < 1.29 is 4.74 Å². The molecule has 21 heavy (non-hydrogen) atoms. The van der Waals surface area contributed by atoms with Gasteiger partial charge in [-0.15, -0.1) is 0 Å². The number of likely N-dealkylation sites (tertiary alicyclic amines) is 1. The van der Waals surface area contributed by atoms with Crippen molar-refractivity contribution in [3.8, 4) is 0 Å². The third-order valence-corrected chi connectivity index (χ3v) is 5.43. The average molecular weight is 296 g/mol. The summed E-state index contributed by atoms with van der Waals surface area (Å²) in [6, 6.07) is 0.577. The molecule has 3 heteroatoms. The van der Waals surface area contributed by atoms with Gasteiger partial charge in [0.15, 0.2) is 0 Å². The minimum Gasteiger partial charge on any atom is -0.381 e. The Labute approximate surface area is 131 Å². The molecule has 0 radical (unpaired) electrons. The van der Waals surface area contributed by atoms with E-state index >= 15 is 0 Å². The van der Waals surface area contributed by atoms with Gasteiger partial charge in [0.1, 0.15) is 0 Å². The smallest absolute Gasteiger partial charge is 0.0472 e. The topological polar surface area (TPSA) is 24.5 Å². The second-order valence-corrected chi connectivity index (χ2v) is 8.44. The SMILES string of the molecule is CC(C)NCC1(CN2CCCC(C)(C)CC2)CCOCC1. The molecule has 0 amide bonds. The van der Waals surface area contributed by atoms with Gasteiger partial charge in [0.25, 0.3) is 0 Å². The van der Waals surface area contributed by atoms with E-state index in [2.05, 4.69) is 37.9 Å². The molecule has 2 heterocycles. The van der Waals surface area contributed by atoms with Crippen molar-refractivity contribution in [1.82, 2.24) is 10.2 Å². The second-order valence-electron chi connectivity index (χ2n) is 8.44. The van der Waals surface area contributed by atoms with Crippen LogP contribution in [0.4, 0.5) is 0 Å². The Bertz CT molecular complexity index is 308. The van der Waals surface area contributed by atoms with E-state index in [-0.39, 0.29) is 0 Å². The fourth-order valence-corrected chi connectivity index (χ4v) is 3.73. The van der Waals surface area contributed by atoms with Crippen molar-refractivity contribution in [3.63, 3.8) is 0 Å². The zero-order chi connectivity index (χ0) is 15.3. The van der Waals surface area contributed by atoms with E-state index in [4.69, 9.17) is 4.74 Å². The molecule has 2 aliphatic rings. The highest BCUT2D eigenvalue weighted by molar-refractivity contribution is 4.89. The Balaban J connectivity index is 1.94. The first-order valence-corrected chi connectivity index (χ1v) is 8.94. The molecule has 0 bridgehead atoms. The lowest BCUT2D eigenvalue weighted by Crippen LogP contribution is -2.48. The number of nitrogens with zero attached hydrogens (tertiary/aromatic N) is 1. The highest BCUT2D eigenvalue weighted by atomic mass is 16.5. The maximum absolute atomic E-state index is 5.63. The number of nitrogens with one attached hydrogen (secondary N) is 1. The van der Waals surface area contributed by atoms with Gasteiger partial charge in [0, 0.05) is 32.3 Å². The van der Waals surface area contributed by atoms with Crippen LogP contribution in [0, 0.1) is 10.8 Å². The molecule has 0 aliphatic carbocycles. The normalized spacial score (nSPS) is 26.7. The first-order chi connectivity index (χ1) is 9.91. The summed E-state index contributed by atoms with van der Waals surface area (Å²) < 4.78 is 5.63. The van der Waals surface area contributed by atoms with E-state index < -0.39 is 0 Å². The molecule has 0 aromatic carbocycles. The molecule has 3 nitrogen and oxygen atoms in total. The number of hydrogen-bond acceptors (Lipinski definition) is 3. The lowest BCUT2D eigenvalue weighted by atomic mass is 9.79. The van der Waals surface area contributed by atoms with Crippen molar-refractivity contribution >= 4 is 0 Å². The number of hydrogen-bond donors (Lipinski definition) is 1. The Morgan fingerprint density at radius 2 is 1.76 bits per heavy atom. The summed E-state index contributed by atoms with van der Waals surface area (Å²) >= 11 is 0. The van der Waals surface area contributed by atoms with Gasteiger partial charge in [-0.05, 0) is 56.0 Å². The quantitative estimate of drug-likeness (QED) is 0.842. The van der Waals surface area contributed by atoms with Crippen molar-refractivity contribution in [2.45, 2.75) is 65.8 Å². The Morgan fingerprint density at radius 3 is 2.43 bits per heavy atom. The Morgan fingerprint density at radius 1 is 1.05 bits per heavy atom. The monoisotopic (exact) mass is 296 g/mol. The molecular weight excluding hydrogens is 260 g/mol. The highest BCUT2D eigenvalue weighted by Crippen LogP contribution is 2.34. The van der Waals surface area contributed by atoms with Crippen LogP contribution >= 0.6 is 0 Å². The molecule has 0 atom stereocenters. The predicted octanol–water partition coefficient (Wildman–Crippen LogP) is 3.29. The maximum Gasteiger partial charge on any atom is 0.0472 e. The Kier molecular flexibility index (Phi) is 6.10. The van der Waals surface area contributed by atoms with Crippen molar-refractivity contribution in [1.29, 1.82) is 0 Å². The van der Waals surface area contributed by atoms with Gasteiger partial charge in [-0.25, -0.2) is 0 Å². The first kappa shape index (κ1) is 17.2. The Hall–Kier alpha value is -0.120. The summed E-state index contributed by atoms with van der Waals surface area (Å²) in [6.07, 6.45) is 6.51. The third-order valence-electron chi connectivity index (χ3n) is 5.43. The molecule has 2 rings (SSSR count). The summed E-state index contributed by atoms with van der Waals surface area (Å²) in [7, 11) is 0. The third kappa shape index (κ3) is 5.54. The van der Waals surface area contributed by atoms with Crippen LogP contribution in [0.1, 0.15) is 59.8 Å². The zero-order valence-corrected chi connectivity index (χ0v) is 14.7. The second kappa shape index (κ2) is 7.43. The summed E-state index contributed by atoms with van der Waals surface area (Å²) in [5.74, 6) is 0. The van der Waals surface area contributed by atoms with Gasteiger partial charge in [-0.1, -0.05) is 27.7 Å². The highest BCUT2D eigenvalue weighted by Gasteiger charge is 2.35. The standard InChI is InChI=1S/C18H36N2O/c1-16(2)19-14-18(8-12-21-13-9-18)15-20-10-5-6-17(3,4)7-11-20/h16,19H,5-15H2,1-4H3. The van der Waals surface area contributed by atoms with Crippen LogP contribution in [-0.4, -0.2) is 50.3 Å². The van der Waals surface area contributed by atoms with Crippen molar-refractivity contribution in [2.24, 2.45) is 10.8 Å². The summed E-state index contributed by atoms with van der Waals surface area (Å²) in [5.41, 5.74) is 0.963. The van der Waals surface area contributed by atoms with Gasteiger partial charge in [-0.3, -0.25) is 0 Å². The molecule has 0 aromatic heterocycles. The van der Waals surface area contributed by atoms with Crippen LogP contribution in [0.3, 0.4) is 0 Å². The fraction of sp³-hybridized carbons (Fsp3) is 1.00. The molecule has 2 saturated heterocycles. The maximum atomic E-state index is 5.63. The van der Waals surface area contributed by atoms with E-state index in [9.17, 15) is 0 Å². The zero-order valence-electron chi connectivity index (χ0n) is 14.7. The number of rotatable bonds is 5. The first-order valence-electron chi connectivity index (χ1n) is 8.94. The van der Waals surface area contributed by atoms with E-state index in [1.54, 1.807) is 0 Å². The van der Waals surface area contributed by atoms with Crippen molar-refractivity contribution in [2.75, 3.05) is 39.4 Å². The lowest BCUT2D eigenvalue weighted by Gasteiger charge is -2.41. The van der Waals surface area contributed by atoms with Crippen LogP contribution in [0.25, 0.3) is 0 Å². The van der Waals surface area contributed by atoms with Gasteiger partial charge in [0.2, 0.25) is 0 Å². The van der Waals surface area contributed by atoms with Crippen LogP contribution in [0.5, 0.6) is 0 Å². The predicted molar refractivity (Wildman–Crippen MR) is 89.7 cm³/mol. The number of ether oxygens (including phenoxy) is 1. The molecule has 0 saturated carbocycles. The minimum absolute atomic E-state index is 0.428. The van der Waals surface area contributed by atoms with Crippen LogP contribution in [0.15, 0.2) is 0 Å². The van der Waals surface area contributed by atoms with Crippen LogP contribution in [-0.2, 0) is 4.74 Å². The molecular formula is C18H36N2O. The molecule has 1 N–H and O–H groups in total. The van der Waals surface area contributed by atoms with E-state index in [0.717, 1.165) is 19.8 Å².